The van der Waals surface area contributed by atoms with Gasteiger partial charge in [-0.3, -0.25) is 9.59 Å². The molecule has 27 heavy (non-hydrogen) atoms. The van der Waals surface area contributed by atoms with Crippen LogP contribution in [0.25, 0.3) is 0 Å². The van der Waals surface area contributed by atoms with Crippen LogP contribution < -0.4 is 0 Å². The van der Waals surface area contributed by atoms with Gasteiger partial charge in [0.05, 0.1) is 12.5 Å². The van der Waals surface area contributed by atoms with E-state index in [1.54, 1.807) is 27.7 Å². The van der Waals surface area contributed by atoms with E-state index in [-0.39, 0.29) is 30.2 Å². The molecule has 0 saturated carbocycles. The Morgan fingerprint density at radius 2 is 1.81 bits per heavy atom. The van der Waals surface area contributed by atoms with E-state index in [9.17, 15) is 14.4 Å². The topological polar surface area (TPSA) is 70.2 Å². The Morgan fingerprint density at radius 1 is 1.15 bits per heavy atom. The standard InChI is InChI=1S/C19H24ClN3O4/c1-2-27-19(26)22-9-7-21(8-10-22)18(25)15-11-17(24)23(13-15)12-14-5-3-4-6-16(14)20/h3-6,15H,2,7-13H2,1H3. The van der Waals surface area contributed by atoms with Crippen LogP contribution in [0.15, 0.2) is 24.3 Å². The number of piperazine rings is 1. The molecule has 7 nitrogen and oxygen atoms in total. The predicted molar refractivity (Wildman–Crippen MR) is 100 cm³/mol. The molecule has 2 heterocycles. The van der Waals surface area contributed by atoms with Gasteiger partial charge in [-0.2, -0.15) is 0 Å². The van der Waals surface area contributed by atoms with Gasteiger partial charge in [0.25, 0.3) is 0 Å². The molecule has 1 aromatic carbocycles. The first kappa shape index (κ1) is 19.5. The second-order valence-corrected chi connectivity index (χ2v) is 7.19. The molecule has 0 spiro atoms. The van der Waals surface area contributed by atoms with Gasteiger partial charge in [0.15, 0.2) is 0 Å². The van der Waals surface area contributed by atoms with Gasteiger partial charge in [0.2, 0.25) is 11.8 Å². The van der Waals surface area contributed by atoms with E-state index >= 15 is 0 Å². The summed E-state index contributed by atoms with van der Waals surface area (Å²) >= 11 is 6.18. The number of amides is 3. The molecule has 1 unspecified atom stereocenters. The van der Waals surface area contributed by atoms with Crippen LogP contribution in [0, 0.1) is 5.92 Å². The highest BCUT2D eigenvalue weighted by Gasteiger charge is 2.37. The first-order chi connectivity index (χ1) is 13.0. The Kier molecular flexibility index (Phi) is 6.21. The largest absolute Gasteiger partial charge is 0.450 e. The smallest absolute Gasteiger partial charge is 0.409 e. The SMILES string of the molecule is CCOC(=O)N1CCN(C(=O)C2CC(=O)N(Cc3ccccc3Cl)C2)CC1. The lowest BCUT2D eigenvalue weighted by Crippen LogP contribution is -2.52. The molecule has 2 aliphatic heterocycles. The van der Waals surface area contributed by atoms with Crippen LogP contribution in [0.3, 0.4) is 0 Å². The number of nitrogens with zero attached hydrogens (tertiary/aromatic N) is 3. The third kappa shape index (κ3) is 4.53. The van der Waals surface area contributed by atoms with E-state index in [1.165, 1.54) is 0 Å². The molecule has 8 heteroatoms. The fourth-order valence-electron chi connectivity index (χ4n) is 3.51. The van der Waals surface area contributed by atoms with Crippen LogP contribution in [0.4, 0.5) is 4.79 Å². The summed E-state index contributed by atoms with van der Waals surface area (Å²) in [5, 5.41) is 0.621. The summed E-state index contributed by atoms with van der Waals surface area (Å²) in [7, 11) is 0. The molecule has 3 amide bonds. The van der Waals surface area contributed by atoms with Gasteiger partial charge in [0, 0.05) is 50.7 Å². The maximum absolute atomic E-state index is 12.8. The average Bonchev–Trinajstić information content (AvgIpc) is 3.04. The van der Waals surface area contributed by atoms with Crippen molar-refractivity contribution in [1.29, 1.82) is 0 Å². The number of carbonyl (C=O) groups excluding carboxylic acids is 3. The van der Waals surface area contributed by atoms with Crippen molar-refractivity contribution < 1.29 is 19.1 Å². The molecule has 2 saturated heterocycles. The average molecular weight is 394 g/mol. The Morgan fingerprint density at radius 3 is 2.48 bits per heavy atom. The van der Waals surface area contributed by atoms with E-state index in [0.717, 1.165) is 5.56 Å². The minimum absolute atomic E-state index is 0.0199. The number of benzene rings is 1. The number of likely N-dealkylation sites (tertiary alicyclic amines) is 1. The molecule has 0 aromatic heterocycles. The van der Waals surface area contributed by atoms with Gasteiger partial charge >= 0.3 is 6.09 Å². The third-order valence-corrected chi connectivity index (χ3v) is 5.37. The summed E-state index contributed by atoms with van der Waals surface area (Å²) in [6, 6.07) is 7.41. The number of halogens is 1. The third-order valence-electron chi connectivity index (χ3n) is 5.00. The molecule has 146 valence electrons. The van der Waals surface area contributed by atoms with Crippen molar-refractivity contribution >= 4 is 29.5 Å². The summed E-state index contributed by atoms with van der Waals surface area (Å²) in [5.41, 5.74) is 0.878. The zero-order chi connectivity index (χ0) is 19.4. The summed E-state index contributed by atoms with van der Waals surface area (Å²) in [6.07, 6.45) is -0.118. The Labute approximate surface area is 163 Å². The number of ether oxygens (including phenoxy) is 1. The highest BCUT2D eigenvalue weighted by molar-refractivity contribution is 6.31. The van der Waals surface area contributed by atoms with Crippen molar-refractivity contribution in [3.8, 4) is 0 Å². The van der Waals surface area contributed by atoms with Gasteiger partial charge < -0.3 is 19.4 Å². The molecule has 0 N–H and O–H groups in total. The molecule has 0 bridgehead atoms. The first-order valence-electron chi connectivity index (χ1n) is 9.21. The Balaban J connectivity index is 1.54. The molecule has 1 atom stereocenters. The second-order valence-electron chi connectivity index (χ2n) is 6.78. The molecule has 1 aromatic rings. The van der Waals surface area contributed by atoms with Crippen LogP contribution in [0.5, 0.6) is 0 Å². The lowest BCUT2D eigenvalue weighted by Gasteiger charge is -2.35. The van der Waals surface area contributed by atoms with Gasteiger partial charge in [-0.15, -0.1) is 0 Å². The summed E-state index contributed by atoms with van der Waals surface area (Å²) < 4.78 is 4.99. The Hall–Kier alpha value is -2.28. The number of hydrogen-bond donors (Lipinski definition) is 0. The van der Waals surface area contributed by atoms with Gasteiger partial charge in [-0.05, 0) is 18.6 Å². The first-order valence-corrected chi connectivity index (χ1v) is 9.59. The van der Waals surface area contributed by atoms with Gasteiger partial charge in [-0.1, -0.05) is 29.8 Å². The van der Waals surface area contributed by atoms with Crippen molar-refractivity contribution in [3.05, 3.63) is 34.9 Å². The van der Waals surface area contributed by atoms with Crippen molar-refractivity contribution in [2.24, 2.45) is 5.92 Å². The molecule has 0 radical (unpaired) electrons. The van der Waals surface area contributed by atoms with Gasteiger partial charge in [0.1, 0.15) is 0 Å². The lowest BCUT2D eigenvalue weighted by atomic mass is 10.1. The predicted octanol–water partition coefficient (Wildman–Crippen LogP) is 1.99. The van der Waals surface area contributed by atoms with E-state index in [0.29, 0.717) is 50.9 Å². The number of rotatable bonds is 4. The zero-order valence-corrected chi connectivity index (χ0v) is 16.2. The van der Waals surface area contributed by atoms with Crippen LogP contribution >= 0.6 is 11.6 Å². The van der Waals surface area contributed by atoms with Crippen LogP contribution in [0.2, 0.25) is 5.02 Å². The van der Waals surface area contributed by atoms with Crippen LogP contribution in [-0.2, 0) is 20.9 Å². The van der Waals surface area contributed by atoms with Crippen LogP contribution in [-0.4, -0.2) is 71.9 Å². The molecular weight excluding hydrogens is 370 g/mol. The van der Waals surface area contributed by atoms with E-state index in [1.807, 2.05) is 18.2 Å². The zero-order valence-electron chi connectivity index (χ0n) is 15.4. The van der Waals surface area contributed by atoms with E-state index in [2.05, 4.69) is 0 Å². The van der Waals surface area contributed by atoms with E-state index < -0.39 is 0 Å². The summed E-state index contributed by atoms with van der Waals surface area (Å²) in [4.78, 5) is 41.9. The van der Waals surface area contributed by atoms with Crippen molar-refractivity contribution in [1.82, 2.24) is 14.7 Å². The number of hydrogen-bond acceptors (Lipinski definition) is 4. The van der Waals surface area contributed by atoms with Crippen molar-refractivity contribution in [2.75, 3.05) is 39.3 Å². The van der Waals surface area contributed by atoms with Crippen molar-refractivity contribution in [3.63, 3.8) is 0 Å². The minimum Gasteiger partial charge on any atom is -0.450 e. The maximum Gasteiger partial charge on any atom is 0.409 e. The maximum atomic E-state index is 12.8. The fraction of sp³-hybridized carbons (Fsp3) is 0.526. The lowest BCUT2D eigenvalue weighted by molar-refractivity contribution is -0.137. The highest BCUT2D eigenvalue weighted by Crippen LogP contribution is 2.25. The normalized spacial score (nSPS) is 20.1. The molecule has 2 aliphatic rings. The summed E-state index contributed by atoms with van der Waals surface area (Å²) in [6.45, 7) is 4.76. The molecule has 0 aliphatic carbocycles. The van der Waals surface area contributed by atoms with E-state index in [4.69, 9.17) is 16.3 Å². The Bertz CT molecular complexity index is 719. The summed E-state index contributed by atoms with van der Waals surface area (Å²) in [5.74, 6) is -0.388. The highest BCUT2D eigenvalue weighted by atomic mass is 35.5. The molecular formula is C19H24ClN3O4. The second kappa shape index (κ2) is 8.61. The quantitative estimate of drug-likeness (QED) is 0.784. The molecule has 2 fully saturated rings. The fourth-order valence-corrected chi connectivity index (χ4v) is 3.70. The van der Waals surface area contributed by atoms with Crippen molar-refractivity contribution in [2.45, 2.75) is 19.9 Å². The molecule has 3 rings (SSSR count). The van der Waals surface area contributed by atoms with Crippen LogP contribution in [0.1, 0.15) is 18.9 Å². The monoisotopic (exact) mass is 393 g/mol. The minimum atomic E-state index is -0.341. The van der Waals surface area contributed by atoms with Gasteiger partial charge in [-0.25, -0.2) is 4.79 Å². The number of carbonyl (C=O) groups is 3.